The second kappa shape index (κ2) is 7.97. The summed E-state index contributed by atoms with van der Waals surface area (Å²) in [6.07, 6.45) is 2.24. The molecule has 0 aromatic heterocycles. The summed E-state index contributed by atoms with van der Waals surface area (Å²) < 4.78 is 22.0. The lowest BCUT2D eigenvalue weighted by Crippen LogP contribution is -2.11. The minimum absolute atomic E-state index is 0.276. The van der Waals surface area contributed by atoms with Gasteiger partial charge in [0.15, 0.2) is 11.5 Å². The molecule has 1 N–H and O–H groups in total. The first kappa shape index (κ1) is 14.9. The standard InChI is InChI=1S/C15H23NO4/c1-3-4-5-17-6-7-18-13-9-15-14(19-11-20-15)8-12(13)10-16-2/h8-9,16H,3-7,10-11H2,1-2H3. The molecule has 0 bridgehead atoms. The molecule has 112 valence electrons. The molecule has 0 saturated carbocycles. The highest BCUT2D eigenvalue weighted by Gasteiger charge is 2.17. The van der Waals surface area contributed by atoms with Gasteiger partial charge in [-0.1, -0.05) is 13.3 Å². The van der Waals surface area contributed by atoms with Crippen LogP contribution in [-0.2, 0) is 11.3 Å². The van der Waals surface area contributed by atoms with Gasteiger partial charge >= 0.3 is 0 Å². The van der Waals surface area contributed by atoms with Gasteiger partial charge in [0, 0.05) is 24.8 Å². The Morgan fingerprint density at radius 3 is 2.70 bits per heavy atom. The SMILES string of the molecule is CCCCOCCOc1cc2c(cc1CNC)OCO2. The summed E-state index contributed by atoms with van der Waals surface area (Å²) in [5.74, 6) is 2.34. The van der Waals surface area contributed by atoms with Crippen LogP contribution in [0.4, 0.5) is 0 Å². The number of hydrogen-bond acceptors (Lipinski definition) is 5. The van der Waals surface area contributed by atoms with Crippen LogP contribution in [0.2, 0.25) is 0 Å². The van der Waals surface area contributed by atoms with E-state index in [1.165, 1.54) is 0 Å². The molecule has 0 amide bonds. The molecule has 0 spiro atoms. The maximum atomic E-state index is 5.79. The first-order valence-electron chi connectivity index (χ1n) is 7.12. The Hall–Kier alpha value is -1.46. The number of nitrogens with one attached hydrogen (secondary N) is 1. The van der Waals surface area contributed by atoms with E-state index in [0.717, 1.165) is 48.8 Å². The third kappa shape index (κ3) is 4.02. The van der Waals surface area contributed by atoms with E-state index in [2.05, 4.69) is 12.2 Å². The predicted octanol–water partition coefficient (Wildman–Crippen LogP) is 2.33. The molecule has 0 unspecified atom stereocenters. The normalized spacial score (nSPS) is 12.7. The third-order valence-corrected chi connectivity index (χ3v) is 3.05. The molecule has 0 atom stereocenters. The highest BCUT2D eigenvalue weighted by atomic mass is 16.7. The fourth-order valence-electron chi connectivity index (χ4n) is 1.99. The molecule has 1 heterocycles. The average Bonchev–Trinajstić information content (AvgIpc) is 2.90. The molecule has 1 aliphatic rings. The van der Waals surface area contributed by atoms with E-state index in [9.17, 15) is 0 Å². The Labute approximate surface area is 120 Å². The van der Waals surface area contributed by atoms with E-state index >= 15 is 0 Å². The molecular weight excluding hydrogens is 258 g/mol. The van der Waals surface area contributed by atoms with E-state index in [4.69, 9.17) is 18.9 Å². The van der Waals surface area contributed by atoms with Crippen LogP contribution in [0.25, 0.3) is 0 Å². The second-order valence-corrected chi connectivity index (χ2v) is 4.66. The van der Waals surface area contributed by atoms with Gasteiger partial charge in [0.2, 0.25) is 6.79 Å². The maximum Gasteiger partial charge on any atom is 0.231 e. The summed E-state index contributed by atoms with van der Waals surface area (Å²) >= 11 is 0. The summed E-state index contributed by atoms with van der Waals surface area (Å²) in [5.41, 5.74) is 1.06. The highest BCUT2D eigenvalue weighted by Crippen LogP contribution is 2.38. The lowest BCUT2D eigenvalue weighted by Gasteiger charge is -2.12. The van der Waals surface area contributed by atoms with Crippen molar-refractivity contribution >= 4 is 0 Å². The van der Waals surface area contributed by atoms with Crippen LogP contribution < -0.4 is 19.5 Å². The molecular formula is C15H23NO4. The number of hydrogen-bond donors (Lipinski definition) is 1. The van der Waals surface area contributed by atoms with Crippen molar-refractivity contribution < 1.29 is 18.9 Å². The minimum Gasteiger partial charge on any atom is -0.491 e. The zero-order valence-electron chi connectivity index (χ0n) is 12.2. The van der Waals surface area contributed by atoms with Crippen molar-refractivity contribution in [3.63, 3.8) is 0 Å². The molecule has 1 aromatic rings. The average molecular weight is 281 g/mol. The molecule has 0 aliphatic carbocycles. The molecule has 0 radical (unpaired) electrons. The Balaban J connectivity index is 1.89. The number of fused-ring (bicyclic) bond motifs is 1. The van der Waals surface area contributed by atoms with Gasteiger partial charge < -0.3 is 24.3 Å². The Kier molecular flexibility index (Phi) is 5.95. The van der Waals surface area contributed by atoms with Crippen molar-refractivity contribution in [2.45, 2.75) is 26.3 Å². The van der Waals surface area contributed by atoms with Gasteiger partial charge in [0.25, 0.3) is 0 Å². The van der Waals surface area contributed by atoms with Gasteiger partial charge in [-0.3, -0.25) is 0 Å². The molecule has 5 heteroatoms. The lowest BCUT2D eigenvalue weighted by atomic mass is 10.1. The van der Waals surface area contributed by atoms with Gasteiger partial charge in [0.1, 0.15) is 12.4 Å². The summed E-state index contributed by atoms with van der Waals surface area (Å²) in [5, 5.41) is 3.13. The molecule has 2 rings (SSSR count). The van der Waals surface area contributed by atoms with Gasteiger partial charge in [0.05, 0.1) is 6.61 Å². The van der Waals surface area contributed by atoms with Crippen LogP contribution >= 0.6 is 0 Å². The van der Waals surface area contributed by atoms with Crippen molar-refractivity contribution in [3.05, 3.63) is 17.7 Å². The zero-order chi connectivity index (χ0) is 14.2. The van der Waals surface area contributed by atoms with Gasteiger partial charge in [-0.25, -0.2) is 0 Å². The Morgan fingerprint density at radius 1 is 1.15 bits per heavy atom. The van der Waals surface area contributed by atoms with Crippen molar-refractivity contribution in [2.75, 3.05) is 33.7 Å². The van der Waals surface area contributed by atoms with Crippen LogP contribution in [0, 0.1) is 0 Å². The smallest absolute Gasteiger partial charge is 0.231 e. The van der Waals surface area contributed by atoms with E-state index in [-0.39, 0.29) is 6.79 Å². The number of benzene rings is 1. The number of unbranched alkanes of at least 4 members (excludes halogenated alkanes) is 1. The lowest BCUT2D eigenvalue weighted by molar-refractivity contribution is 0.0976. The molecule has 0 fully saturated rings. The Bertz CT molecular complexity index is 423. The summed E-state index contributed by atoms with van der Waals surface area (Å²) in [6.45, 7) is 5.09. The third-order valence-electron chi connectivity index (χ3n) is 3.05. The number of rotatable bonds is 9. The van der Waals surface area contributed by atoms with Crippen LogP contribution in [0.5, 0.6) is 17.2 Å². The molecule has 20 heavy (non-hydrogen) atoms. The van der Waals surface area contributed by atoms with E-state index in [0.29, 0.717) is 13.2 Å². The Morgan fingerprint density at radius 2 is 1.95 bits per heavy atom. The first-order valence-corrected chi connectivity index (χ1v) is 7.12. The number of ether oxygens (including phenoxy) is 4. The summed E-state index contributed by atoms with van der Waals surface area (Å²) in [7, 11) is 1.90. The van der Waals surface area contributed by atoms with Gasteiger partial charge in [-0.2, -0.15) is 0 Å². The maximum absolute atomic E-state index is 5.79. The van der Waals surface area contributed by atoms with Crippen molar-refractivity contribution in [1.82, 2.24) is 5.32 Å². The minimum atomic E-state index is 0.276. The molecule has 1 aromatic carbocycles. The van der Waals surface area contributed by atoms with Crippen molar-refractivity contribution in [1.29, 1.82) is 0 Å². The fraction of sp³-hybridized carbons (Fsp3) is 0.600. The summed E-state index contributed by atoms with van der Waals surface area (Å²) in [6, 6.07) is 3.85. The van der Waals surface area contributed by atoms with Crippen molar-refractivity contribution in [3.8, 4) is 17.2 Å². The molecule has 5 nitrogen and oxygen atoms in total. The predicted molar refractivity (Wildman–Crippen MR) is 76.6 cm³/mol. The van der Waals surface area contributed by atoms with Gasteiger partial charge in [-0.05, 0) is 19.5 Å². The van der Waals surface area contributed by atoms with Crippen LogP contribution in [0.1, 0.15) is 25.3 Å². The largest absolute Gasteiger partial charge is 0.491 e. The van der Waals surface area contributed by atoms with E-state index in [1.54, 1.807) is 0 Å². The van der Waals surface area contributed by atoms with Crippen LogP contribution in [-0.4, -0.2) is 33.7 Å². The first-order chi connectivity index (χ1) is 9.85. The highest BCUT2D eigenvalue weighted by molar-refractivity contribution is 5.51. The topological polar surface area (TPSA) is 49.0 Å². The van der Waals surface area contributed by atoms with Crippen LogP contribution in [0.3, 0.4) is 0 Å². The molecule has 1 aliphatic heterocycles. The van der Waals surface area contributed by atoms with E-state index < -0.39 is 0 Å². The zero-order valence-corrected chi connectivity index (χ0v) is 12.2. The fourth-order valence-corrected chi connectivity index (χ4v) is 1.99. The van der Waals surface area contributed by atoms with Crippen LogP contribution in [0.15, 0.2) is 12.1 Å². The second-order valence-electron chi connectivity index (χ2n) is 4.66. The quantitative estimate of drug-likeness (QED) is 0.704. The molecule has 0 saturated heterocycles. The monoisotopic (exact) mass is 281 g/mol. The van der Waals surface area contributed by atoms with Gasteiger partial charge in [-0.15, -0.1) is 0 Å². The van der Waals surface area contributed by atoms with Crippen molar-refractivity contribution in [2.24, 2.45) is 0 Å². The summed E-state index contributed by atoms with van der Waals surface area (Å²) in [4.78, 5) is 0. The van der Waals surface area contributed by atoms with E-state index in [1.807, 2.05) is 19.2 Å².